The smallest absolute Gasteiger partial charge is 0.431 e. The molecule has 1 amide bonds. The molecule has 0 aliphatic carbocycles. The molecule has 0 rings (SSSR count). The van der Waals surface area contributed by atoms with Gasteiger partial charge in [0.05, 0.1) is 6.61 Å². The highest BCUT2D eigenvalue weighted by atomic mass is 29.1. The van der Waals surface area contributed by atoms with Gasteiger partial charge in [0, 0.05) is 0 Å². The molecule has 0 aliphatic rings. The lowest BCUT2D eigenvalue weighted by molar-refractivity contribution is 0.0929. The van der Waals surface area contributed by atoms with Crippen molar-refractivity contribution < 1.29 is 14.7 Å². The van der Waals surface area contributed by atoms with Gasteiger partial charge in [-0.15, -0.1) is 0 Å². The fourth-order valence-electron chi connectivity index (χ4n) is 0.163. The molecule has 0 aromatic heterocycles. The first-order valence-corrected chi connectivity index (χ1v) is 10.9. The number of nitrogens with one attached hydrogen (secondary N) is 1. The van der Waals surface area contributed by atoms with Crippen LogP contribution in [0.4, 0.5) is 4.79 Å². The van der Waals surface area contributed by atoms with E-state index in [1.165, 1.54) is 25.0 Å². The Hall–Kier alpha value is -0.336. The molecule has 9 heavy (non-hydrogen) atoms. The van der Waals surface area contributed by atoms with Crippen LogP contribution < -0.4 is 5.48 Å². The zero-order valence-electron chi connectivity index (χ0n) is 5.97. The molecule has 4 nitrogen and oxygen atoms in total. The van der Waals surface area contributed by atoms with E-state index in [1.807, 2.05) is 0 Å². The van der Waals surface area contributed by atoms with Crippen molar-refractivity contribution >= 4 is 25.6 Å². The van der Waals surface area contributed by atoms with E-state index in [1.54, 1.807) is 6.92 Å². The highest BCUT2D eigenvalue weighted by Gasteiger charge is 1.91. The summed E-state index contributed by atoms with van der Waals surface area (Å²) in [6, 6.07) is 0. The van der Waals surface area contributed by atoms with Crippen LogP contribution in [0.3, 0.4) is 0 Å². The number of ether oxygens (including phenoxy) is 1. The van der Waals surface area contributed by atoms with E-state index in [2.05, 4.69) is 4.74 Å². The summed E-state index contributed by atoms with van der Waals surface area (Å²) >= 11 is 0. The molecule has 0 atom stereocenters. The number of hydroxylamine groups is 1. The van der Waals surface area contributed by atoms with Crippen molar-refractivity contribution in [1.82, 2.24) is 5.48 Å². The fraction of sp³-hybridized carbons (Fsp3) is 0.667. The highest BCUT2D eigenvalue weighted by Crippen LogP contribution is 1.70. The standard InChI is InChI=1S/C3H7NO3.H6Si2/c1-2-7-3(5)4-6;1-2/h6H,2H2,1H3,(H,4,5);1-2H3. The van der Waals surface area contributed by atoms with Gasteiger partial charge in [-0.3, -0.25) is 5.21 Å². The first-order chi connectivity index (χ1) is 4.31. The van der Waals surface area contributed by atoms with Gasteiger partial charge >= 0.3 is 6.09 Å². The lowest BCUT2D eigenvalue weighted by atomic mass is 10.9. The Bertz CT molecular complexity index is 70.1. The summed E-state index contributed by atoms with van der Waals surface area (Å²) in [5.41, 5.74) is 1.30. The van der Waals surface area contributed by atoms with E-state index in [0.717, 1.165) is 0 Å². The van der Waals surface area contributed by atoms with Crippen LogP contribution in [0.2, 0.25) is 0 Å². The molecule has 0 radical (unpaired) electrons. The molecule has 0 aromatic carbocycles. The van der Waals surface area contributed by atoms with Gasteiger partial charge in [0.25, 0.3) is 0 Å². The van der Waals surface area contributed by atoms with E-state index in [0.29, 0.717) is 0 Å². The lowest BCUT2D eigenvalue weighted by Crippen LogP contribution is -2.19. The number of carbonyl (C=O) groups is 1. The predicted octanol–water partition coefficient (Wildman–Crippen LogP) is -2.25. The third-order valence-corrected chi connectivity index (χ3v) is 0.367. The molecule has 0 fully saturated rings. The maximum absolute atomic E-state index is 9.83. The molecular weight excluding hydrogens is 154 g/mol. The normalized spacial score (nSPS) is 7.33. The van der Waals surface area contributed by atoms with Gasteiger partial charge in [-0.2, -0.15) is 0 Å². The van der Waals surface area contributed by atoms with Crippen molar-refractivity contribution in [1.29, 1.82) is 0 Å². The van der Waals surface area contributed by atoms with E-state index in [4.69, 9.17) is 5.21 Å². The average Bonchev–Trinajstić information content (AvgIpc) is 1.93. The Morgan fingerprint density at radius 3 is 2.33 bits per heavy atom. The highest BCUT2D eigenvalue weighted by molar-refractivity contribution is 6.75. The Kier molecular flexibility index (Phi) is 13.5. The second-order valence-electron chi connectivity index (χ2n) is 0.832. The van der Waals surface area contributed by atoms with Crippen molar-refractivity contribution in [3.05, 3.63) is 0 Å². The summed E-state index contributed by atoms with van der Waals surface area (Å²) in [6.45, 7) is 1.92. The summed E-state index contributed by atoms with van der Waals surface area (Å²) in [5, 5.41) is 7.74. The summed E-state index contributed by atoms with van der Waals surface area (Å²) in [7, 11) is 2.89. The second kappa shape index (κ2) is 10.6. The number of hydrogen-bond acceptors (Lipinski definition) is 3. The van der Waals surface area contributed by atoms with Crippen molar-refractivity contribution in [3.63, 3.8) is 0 Å². The molecule has 2 N–H and O–H groups in total. The van der Waals surface area contributed by atoms with Crippen LogP contribution in [0.25, 0.3) is 0 Å². The van der Waals surface area contributed by atoms with E-state index in [-0.39, 0.29) is 6.61 Å². The molecule has 0 bridgehead atoms. The minimum atomic E-state index is -0.817. The number of rotatable bonds is 1. The van der Waals surface area contributed by atoms with Crippen LogP contribution in [0, 0.1) is 0 Å². The molecule has 0 unspecified atom stereocenters. The van der Waals surface area contributed by atoms with E-state index < -0.39 is 6.09 Å². The van der Waals surface area contributed by atoms with Crippen LogP contribution in [-0.2, 0) is 4.74 Å². The molecule has 0 heterocycles. The third kappa shape index (κ3) is 11.3. The van der Waals surface area contributed by atoms with Crippen molar-refractivity contribution in [2.45, 2.75) is 6.92 Å². The molecule has 0 spiro atoms. The second-order valence-corrected chi connectivity index (χ2v) is 0.832. The number of hydrogen-bond donors (Lipinski definition) is 2. The van der Waals surface area contributed by atoms with Gasteiger partial charge in [0.2, 0.25) is 0 Å². The van der Waals surface area contributed by atoms with Crippen LogP contribution in [0.5, 0.6) is 0 Å². The summed E-state index contributed by atoms with van der Waals surface area (Å²) in [5.74, 6) is 0. The lowest BCUT2D eigenvalue weighted by Gasteiger charge is -1.94. The van der Waals surface area contributed by atoms with Crippen LogP contribution in [-0.4, -0.2) is 37.4 Å². The van der Waals surface area contributed by atoms with Crippen molar-refractivity contribution in [3.8, 4) is 0 Å². The molecule has 0 aromatic rings. The number of amides is 1. The van der Waals surface area contributed by atoms with Crippen molar-refractivity contribution in [2.24, 2.45) is 0 Å². The summed E-state index contributed by atoms with van der Waals surface area (Å²) in [4.78, 5) is 9.83. The Balaban J connectivity index is 0. The van der Waals surface area contributed by atoms with Gasteiger partial charge in [0.15, 0.2) is 0 Å². The first-order valence-electron chi connectivity index (χ1n) is 2.88. The zero-order chi connectivity index (χ0) is 7.70. The number of carbonyl (C=O) groups excluding carboxylic acids is 1. The molecule has 6 heteroatoms. The molecule has 56 valence electrons. The molecule has 0 aliphatic heterocycles. The summed E-state index contributed by atoms with van der Waals surface area (Å²) in [6.07, 6.45) is -0.817. The Morgan fingerprint density at radius 1 is 1.78 bits per heavy atom. The zero-order valence-corrected chi connectivity index (χ0v) is 9.97. The third-order valence-electron chi connectivity index (χ3n) is 0.367. The van der Waals surface area contributed by atoms with Gasteiger partial charge in [-0.1, -0.05) is 0 Å². The Morgan fingerprint density at radius 2 is 2.22 bits per heavy atom. The Labute approximate surface area is 60.2 Å². The maximum Gasteiger partial charge on any atom is 0.431 e. The van der Waals surface area contributed by atoms with E-state index in [9.17, 15) is 4.79 Å². The molecular formula is C3H13NO3Si2. The predicted molar refractivity (Wildman–Crippen MR) is 41.8 cm³/mol. The minimum Gasteiger partial charge on any atom is -0.448 e. The van der Waals surface area contributed by atoms with Gasteiger partial charge < -0.3 is 4.74 Å². The van der Waals surface area contributed by atoms with Crippen LogP contribution in [0.15, 0.2) is 0 Å². The van der Waals surface area contributed by atoms with Crippen LogP contribution in [0.1, 0.15) is 6.92 Å². The largest absolute Gasteiger partial charge is 0.448 e. The quantitative estimate of drug-likeness (QED) is 0.264. The first kappa shape index (κ1) is 11.5. The van der Waals surface area contributed by atoms with Gasteiger partial charge in [0.1, 0.15) is 0 Å². The van der Waals surface area contributed by atoms with Crippen molar-refractivity contribution in [2.75, 3.05) is 6.61 Å². The van der Waals surface area contributed by atoms with Gasteiger partial charge in [-0.05, 0) is 26.4 Å². The maximum atomic E-state index is 9.83. The molecule has 0 saturated carbocycles. The SMILES string of the molecule is CCOC(=O)NO.[SiH3][SiH3]. The monoisotopic (exact) mass is 167 g/mol. The fourth-order valence-corrected chi connectivity index (χ4v) is 0.163. The topological polar surface area (TPSA) is 58.6 Å². The van der Waals surface area contributed by atoms with Gasteiger partial charge in [-0.25, -0.2) is 10.3 Å². The minimum absolute atomic E-state index is 0.270. The average molecular weight is 167 g/mol. The van der Waals surface area contributed by atoms with E-state index >= 15 is 0 Å². The summed E-state index contributed by atoms with van der Waals surface area (Å²) < 4.78 is 4.19. The van der Waals surface area contributed by atoms with Crippen LogP contribution >= 0.6 is 0 Å². The molecule has 0 saturated heterocycles.